The predicted molar refractivity (Wildman–Crippen MR) is 273 cm³/mol. The molecule has 2 heterocycles. The van der Waals surface area contributed by atoms with Crippen molar-refractivity contribution in [1.29, 1.82) is 0 Å². The molecule has 66 heavy (non-hydrogen) atoms. The molecular weight excluding hydrogens is 803 g/mol. The topological polar surface area (TPSA) is 29.5 Å². The Morgan fingerprint density at radius 3 is 1.61 bits per heavy atom. The van der Waals surface area contributed by atoms with E-state index in [0.717, 1.165) is 88.2 Å². The van der Waals surface area contributed by atoms with Crippen LogP contribution >= 0.6 is 0 Å². The molecule has 0 spiro atoms. The first-order chi connectivity index (χ1) is 32.7. The number of hydrogen-bond donors (Lipinski definition) is 0. The Morgan fingerprint density at radius 2 is 0.879 bits per heavy atom. The minimum Gasteiger partial charge on any atom is -0.455 e. The van der Waals surface area contributed by atoms with Gasteiger partial charge in [-0.25, -0.2) is 0 Å². The molecule has 0 atom stereocenters. The summed E-state index contributed by atoms with van der Waals surface area (Å²) in [5, 5.41) is 9.00. The molecular formula is C63H39NO2. The van der Waals surface area contributed by atoms with Gasteiger partial charge in [-0.3, -0.25) is 0 Å². The van der Waals surface area contributed by atoms with Gasteiger partial charge in [0.25, 0.3) is 0 Å². The fourth-order valence-corrected chi connectivity index (χ4v) is 11.3. The Balaban J connectivity index is 1.01. The minimum absolute atomic E-state index is 0.539. The van der Waals surface area contributed by atoms with Gasteiger partial charge in [0, 0.05) is 54.8 Å². The predicted octanol–water partition coefficient (Wildman–Crippen LogP) is 17.3. The summed E-state index contributed by atoms with van der Waals surface area (Å²) in [6.45, 7) is 0. The van der Waals surface area contributed by atoms with Gasteiger partial charge in [0.15, 0.2) is 0 Å². The Kier molecular flexibility index (Phi) is 7.90. The van der Waals surface area contributed by atoms with E-state index < -0.39 is 5.41 Å². The Labute approximate surface area is 381 Å². The number of furan rings is 2. The molecule has 0 fully saturated rings. The smallest absolute Gasteiger partial charge is 0.143 e. The summed E-state index contributed by atoms with van der Waals surface area (Å²) in [5.74, 6) is 0. The first kappa shape index (κ1) is 36.8. The first-order valence-corrected chi connectivity index (χ1v) is 22.7. The van der Waals surface area contributed by atoms with Crippen molar-refractivity contribution >= 4 is 82.5 Å². The standard InChI is InChI=1S/C63H39NO2/c1-3-17-43(18-4-1)63(44-19-5-2-6-20-44)55-26-12-11-23-53(55)59-56(63)27-14-28-57(59)64(46-35-38-58-54(39-46)52-37-32-40-15-7-9-21-47(40)60(52)65-58)45-33-29-42(30-34-45)49-24-13-25-50-51-36-31-41-16-8-10-22-48(41)62(51)66-61(49)50/h1-39H. The lowest BCUT2D eigenvalue weighted by Crippen LogP contribution is -2.28. The average molecular weight is 842 g/mol. The summed E-state index contributed by atoms with van der Waals surface area (Å²) >= 11 is 0. The number of hydrogen-bond acceptors (Lipinski definition) is 3. The van der Waals surface area contributed by atoms with Gasteiger partial charge >= 0.3 is 0 Å². The number of fused-ring (bicyclic) bond motifs is 13. The molecule has 0 bridgehead atoms. The molecule has 0 saturated heterocycles. The van der Waals surface area contributed by atoms with E-state index in [1.165, 1.54) is 38.8 Å². The van der Waals surface area contributed by atoms with Crippen molar-refractivity contribution in [3.05, 3.63) is 259 Å². The molecule has 0 amide bonds. The summed E-state index contributed by atoms with van der Waals surface area (Å²) in [4.78, 5) is 2.44. The number of anilines is 3. The van der Waals surface area contributed by atoms with Crippen LogP contribution in [0.1, 0.15) is 22.3 Å². The maximum absolute atomic E-state index is 6.82. The van der Waals surface area contributed by atoms with Crippen LogP contribution in [0.3, 0.4) is 0 Å². The molecule has 2 aromatic heterocycles. The lowest BCUT2D eigenvalue weighted by atomic mass is 9.68. The zero-order chi connectivity index (χ0) is 43.3. The summed E-state index contributed by atoms with van der Waals surface area (Å²) in [7, 11) is 0. The van der Waals surface area contributed by atoms with Gasteiger partial charge in [-0.2, -0.15) is 0 Å². The molecule has 0 radical (unpaired) electrons. The summed E-state index contributed by atoms with van der Waals surface area (Å²) < 4.78 is 13.5. The van der Waals surface area contributed by atoms with Gasteiger partial charge in [0.2, 0.25) is 0 Å². The molecule has 1 aliphatic rings. The van der Waals surface area contributed by atoms with Crippen molar-refractivity contribution in [2.45, 2.75) is 5.41 Å². The molecule has 1 aliphatic carbocycles. The molecule has 0 N–H and O–H groups in total. The highest BCUT2D eigenvalue weighted by Crippen LogP contribution is 2.59. The summed E-state index contributed by atoms with van der Waals surface area (Å²) in [6.07, 6.45) is 0. The Morgan fingerprint density at radius 1 is 0.333 bits per heavy atom. The fraction of sp³-hybridized carbons (Fsp3) is 0.0159. The highest BCUT2D eigenvalue weighted by Gasteiger charge is 2.47. The third-order valence-corrected chi connectivity index (χ3v) is 14.1. The van der Waals surface area contributed by atoms with Crippen LogP contribution in [0, 0.1) is 0 Å². The van der Waals surface area contributed by atoms with Crippen LogP contribution in [0.25, 0.3) is 87.7 Å². The monoisotopic (exact) mass is 841 g/mol. The van der Waals surface area contributed by atoms with E-state index >= 15 is 0 Å². The first-order valence-electron chi connectivity index (χ1n) is 22.7. The molecule has 308 valence electrons. The van der Waals surface area contributed by atoms with Crippen molar-refractivity contribution in [2.75, 3.05) is 4.90 Å². The minimum atomic E-state index is -0.539. The largest absolute Gasteiger partial charge is 0.455 e. The van der Waals surface area contributed by atoms with Gasteiger partial charge in [-0.15, -0.1) is 0 Å². The normalized spacial score (nSPS) is 13.0. The third kappa shape index (κ3) is 5.20. The van der Waals surface area contributed by atoms with E-state index in [1.807, 2.05) is 0 Å². The van der Waals surface area contributed by atoms with E-state index in [4.69, 9.17) is 8.83 Å². The quantitative estimate of drug-likeness (QED) is 0.167. The van der Waals surface area contributed by atoms with E-state index in [-0.39, 0.29) is 0 Å². The van der Waals surface area contributed by atoms with Crippen LogP contribution in [-0.4, -0.2) is 0 Å². The van der Waals surface area contributed by atoms with Crippen LogP contribution in [0.15, 0.2) is 245 Å². The van der Waals surface area contributed by atoms with E-state index in [2.05, 4.69) is 241 Å². The lowest BCUT2D eigenvalue weighted by Gasteiger charge is -2.34. The van der Waals surface area contributed by atoms with Crippen molar-refractivity contribution in [3.8, 4) is 22.3 Å². The van der Waals surface area contributed by atoms with Crippen molar-refractivity contribution < 1.29 is 8.83 Å². The zero-order valence-electron chi connectivity index (χ0n) is 35.8. The zero-order valence-corrected chi connectivity index (χ0v) is 35.8. The van der Waals surface area contributed by atoms with E-state index in [0.29, 0.717) is 0 Å². The maximum Gasteiger partial charge on any atom is 0.143 e. The molecule has 11 aromatic carbocycles. The van der Waals surface area contributed by atoms with E-state index in [1.54, 1.807) is 0 Å². The summed E-state index contributed by atoms with van der Waals surface area (Å²) in [5.41, 5.74) is 15.8. The van der Waals surface area contributed by atoms with Gasteiger partial charge in [0.05, 0.1) is 11.1 Å². The second-order valence-electron chi connectivity index (χ2n) is 17.5. The highest BCUT2D eigenvalue weighted by molar-refractivity contribution is 6.18. The second-order valence-corrected chi connectivity index (χ2v) is 17.5. The SMILES string of the molecule is c1ccc(C2(c3ccccc3)c3ccccc3-c3c(N(c4ccc(-c5cccc6c5oc5c7ccccc7ccc65)cc4)c4ccc5oc6c7ccccc7ccc6c5c4)cccc32)cc1. The second kappa shape index (κ2) is 14.2. The number of para-hydroxylation sites is 1. The highest BCUT2D eigenvalue weighted by atomic mass is 16.3. The van der Waals surface area contributed by atoms with Crippen molar-refractivity contribution in [2.24, 2.45) is 0 Å². The van der Waals surface area contributed by atoms with Crippen LogP contribution in [0.5, 0.6) is 0 Å². The Hall–Kier alpha value is -8.66. The lowest BCUT2D eigenvalue weighted by molar-refractivity contribution is 0.672. The van der Waals surface area contributed by atoms with Crippen molar-refractivity contribution in [1.82, 2.24) is 0 Å². The van der Waals surface area contributed by atoms with Crippen molar-refractivity contribution in [3.63, 3.8) is 0 Å². The molecule has 0 saturated carbocycles. The Bertz CT molecular complexity index is 4010. The average Bonchev–Trinajstić information content (AvgIpc) is 4.06. The number of nitrogens with zero attached hydrogens (tertiary/aromatic N) is 1. The number of benzene rings is 11. The summed E-state index contributed by atoms with van der Waals surface area (Å²) in [6, 6.07) is 85.8. The van der Waals surface area contributed by atoms with Crippen LogP contribution in [0.2, 0.25) is 0 Å². The van der Waals surface area contributed by atoms with Crippen LogP contribution in [0.4, 0.5) is 17.1 Å². The molecule has 13 aromatic rings. The fourth-order valence-electron chi connectivity index (χ4n) is 11.3. The molecule has 3 nitrogen and oxygen atoms in total. The molecule has 0 aliphatic heterocycles. The number of rotatable bonds is 6. The van der Waals surface area contributed by atoms with E-state index in [9.17, 15) is 0 Å². The molecule has 0 unspecified atom stereocenters. The van der Waals surface area contributed by atoms with Crippen LogP contribution < -0.4 is 4.90 Å². The van der Waals surface area contributed by atoms with Gasteiger partial charge in [-0.1, -0.05) is 188 Å². The maximum atomic E-state index is 6.82. The van der Waals surface area contributed by atoms with Gasteiger partial charge < -0.3 is 13.7 Å². The molecule has 3 heteroatoms. The van der Waals surface area contributed by atoms with Gasteiger partial charge in [-0.05, 0) is 92.7 Å². The van der Waals surface area contributed by atoms with Crippen LogP contribution in [-0.2, 0) is 5.41 Å². The molecule has 14 rings (SSSR count). The third-order valence-electron chi connectivity index (χ3n) is 14.1. The van der Waals surface area contributed by atoms with Gasteiger partial charge in [0.1, 0.15) is 22.3 Å².